The minimum Gasteiger partial charge on any atom is -0.493 e. The summed E-state index contributed by atoms with van der Waals surface area (Å²) in [7, 11) is 0. The summed E-state index contributed by atoms with van der Waals surface area (Å²) in [6.07, 6.45) is 1.59. The van der Waals surface area contributed by atoms with Crippen LogP contribution in [0.15, 0.2) is 114 Å². The third kappa shape index (κ3) is 7.85. The smallest absolute Gasteiger partial charge is 0.272 e. The molecule has 0 aromatic heterocycles. The van der Waals surface area contributed by atoms with Crippen molar-refractivity contribution in [3.05, 3.63) is 131 Å². The van der Waals surface area contributed by atoms with Crippen molar-refractivity contribution in [3.63, 3.8) is 0 Å². The Morgan fingerprint density at radius 1 is 0.850 bits per heavy atom. The van der Waals surface area contributed by atoms with Gasteiger partial charge in [-0.3, -0.25) is 14.4 Å². The van der Waals surface area contributed by atoms with E-state index < -0.39 is 11.8 Å². The number of nitrogens with one attached hydrogen (secondary N) is 2. The molecule has 0 bridgehead atoms. The molecule has 0 saturated carbocycles. The Kier molecular flexibility index (Phi) is 10.2. The van der Waals surface area contributed by atoms with Gasteiger partial charge in [-0.2, -0.15) is 0 Å². The van der Waals surface area contributed by atoms with Crippen LogP contribution < -0.4 is 15.4 Å². The molecule has 202 valence electrons. The van der Waals surface area contributed by atoms with Crippen molar-refractivity contribution < 1.29 is 19.1 Å². The summed E-state index contributed by atoms with van der Waals surface area (Å²) < 4.78 is 5.69. The molecular formula is C32H27ClN2O4S. The molecule has 0 spiro atoms. The van der Waals surface area contributed by atoms with Gasteiger partial charge in [-0.25, -0.2) is 0 Å². The lowest BCUT2D eigenvalue weighted by Crippen LogP contribution is -2.30. The Morgan fingerprint density at radius 2 is 1.52 bits per heavy atom. The zero-order valence-corrected chi connectivity index (χ0v) is 23.3. The van der Waals surface area contributed by atoms with Gasteiger partial charge in [0.15, 0.2) is 5.78 Å². The number of thioether (sulfide) groups is 1. The topological polar surface area (TPSA) is 84.5 Å². The van der Waals surface area contributed by atoms with Crippen molar-refractivity contribution in [3.8, 4) is 5.75 Å². The Bertz CT molecular complexity index is 1520. The number of para-hydroxylation sites is 1. The van der Waals surface area contributed by atoms with Crippen molar-refractivity contribution >= 4 is 52.7 Å². The van der Waals surface area contributed by atoms with E-state index >= 15 is 0 Å². The van der Waals surface area contributed by atoms with Crippen LogP contribution in [0, 0.1) is 0 Å². The van der Waals surface area contributed by atoms with Crippen LogP contribution in [0.1, 0.15) is 33.2 Å². The standard InChI is InChI=1S/C32H27ClN2O4S/c1-2-39-30-15-9-6-12-23(30)20-28(35-31(37)22-10-4-3-5-11-22)32(38)34-24-16-18-25(19-17-24)40-21-29(36)26-13-7-8-14-27(26)33/h3-20H,2,21H2,1H3,(H,34,38)(H,35,37)/b28-20-. The second-order valence-corrected chi connectivity index (χ2v) is 9.98. The number of carbonyl (C=O) groups excluding carboxylic acids is 3. The van der Waals surface area contributed by atoms with E-state index in [0.717, 1.165) is 4.90 Å². The average molecular weight is 571 g/mol. The van der Waals surface area contributed by atoms with Gasteiger partial charge in [-0.15, -0.1) is 11.8 Å². The maximum Gasteiger partial charge on any atom is 0.272 e. The molecule has 0 atom stereocenters. The number of halogens is 1. The maximum atomic E-state index is 13.3. The van der Waals surface area contributed by atoms with Gasteiger partial charge in [0.2, 0.25) is 0 Å². The monoisotopic (exact) mass is 570 g/mol. The van der Waals surface area contributed by atoms with Gasteiger partial charge < -0.3 is 15.4 Å². The van der Waals surface area contributed by atoms with E-state index in [2.05, 4.69) is 10.6 Å². The van der Waals surface area contributed by atoms with Crippen molar-refractivity contribution in [1.82, 2.24) is 5.32 Å². The van der Waals surface area contributed by atoms with Crippen molar-refractivity contribution in [2.45, 2.75) is 11.8 Å². The molecule has 0 fully saturated rings. The number of carbonyl (C=O) groups is 3. The van der Waals surface area contributed by atoms with Crippen LogP contribution in [0.5, 0.6) is 5.75 Å². The van der Waals surface area contributed by atoms with Gasteiger partial charge in [0.1, 0.15) is 11.4 Å². The molecule has 0 radical (unpaired) electrons. The molecule has 0 aliphatic heterocycles. The average Bonchev–Trinajstić information content (AvgIpc) is 2.98. The zero-order valence-electron chi connectivity index (χ0n) is 21.7. The summed E-state index contributed by atoms with van der Waals surface area (Å²) in [5.41, 5.74) is 2.16. The fraction of sp³-hybridized carbons (Fsp3) is 0.0938. The number of amides is 2. The highest BCUT2D eigenvalue weighted by Gasteiger charge is 2.16. The molecular weight excluding hydrogens is 544 g/mol. The quantitative estimate of drug-likeness (QED) is 0.114. The second kappa shape index (κ2) is 14.2. The minimum atomic E-state index is -0.495. The molecule has 6 nitrogen and oxygen atoms in total. The van der Waals surface area contributed by atoms with E-state index in [4.69, 9.17) is 16.3 Å². The molecule has 8 heteroatoms. The predicted molar refractivity (Wildman–Crippen MR) is 161 cm³/mol. The van der Waals surface area contributed by atoms with Gasteiger partial charge in [0.05, 0.1) is 17.4 Å². The Labute approximate surface area is 242 Å². The number of ketones is 1. The number of ether oxygens (including phenoxy) is 1. The summed E-state index contributed by atoms with van der Waals surface area (Å²) in [5, 5.41) is 6.01. The highest BCUT2D eigenvalue weighted by molar-refractivity contribution is 8.00. The summed E-state index contributed by atoms with van der Waals surface area (Å²) in [4.78, 5) is 39.6. The largest absolute Gasteiger partial charge is 0.493 e. The number of benzene rings is 4. The Morgan fingerprint density at radius 3 is 2.25 bits per heavy atom. The number of hydrogen-bond donors (Lipinski definition) is 2. The number of hydrogen-bond acceptors (Lipinski definition) is 5. The van der Waals surface area contributed by atoms with Gasteiger partial charge in [-0.1, -0.05) is 60.1 Å². The number of Topliss-reactive ketones (excluding diaryl/α,β-unsaturated/α-hetero) is 1. The highest BCUT2D eigenvalue weighted by atomic mass is 35.5. The predicted octanol–water partition coefficient (Wildman–Crippen LogP) is 7.12. The van der Waals surface area contributed by atoms with Crippen molar-refractivity contribution in [2.24, 2.45) is 0 Å². The molecule has 0 aliphatic rings. The summed E-state index contributed by atoms with van der Waals surface area (Å²) in [6.45, 7) is 2.33. The van der Waals surface area contributed by atoms with Gasteiger partial charge in [0.25, 0.3) is 11.8 Å². The van der Waals surface area contributed by atoms with Gasteiger partial charge in [-0.05, 0) is 67.6 Å². The molecule has 0 unspecified atom stereocenters. The van der Waals surface area contributed by atoms with E-state index in [1.807, 2.05) is 43.3 Å². The fourth-order valence-electron chi connectivity index (χ4n) is 3.73. The number of anilines is 1. The molecule has 4 aromatic carbocycles. The first kappa shape index (κ1) is 28.7. The van der Waals surface area contributed by atoms with Crippen molar-refractivity contribution in [2.75, 3.05) is 17.7 Å². The van der Waals surface area contributed by atoms with Crippen LogP contribution in [-0.2, 0) is 4.79 Å². The first-order valence-electron chi connectivity index (χ1n) is 12.6. The molecule has 0 saturated heterocycles. The van der Waals surface area contributed by atoms with Crippen LogP contribution in [0.25, 0.3) is 6.08 Å². The van der Waals surface area contributed by atoms with Gasteiger partial charge in [0, 0.05) is 27.3 Å². The normalized spacial score (nSPS) is 11.0. The SMILES string of the molecule is CCOc1ccccc1/C=C(\NC(=O)c1ccccc1)C(=O)Nc1ccc(SCC(=O)c2ccccc2Cl)cc1. The molecule has 4 aromatic rings. The Balaban J connectivity index is 1.48. The highest BCUT2D eigenvalue weighted by Crippen LogP contribution is 2.25. The van der Waals surface area contributed by atoms with Crippen LogP contribution in [0.2, 0.25) is 5.02 Å². The third-order valence-electron chi connectivity index (χ3n) is 5.70. The van der Waals surface area contributed by atoms with E-state index in [-0.39, 0.29) is 17.2 Å². The van der Waals surface area contributed by atoms with E-state index in [1.54, 1.807) is 72.8 Å². The lowest BCUT2D eigenvalue weighted by Gasteiger charge is -2.13. The summed E-state index contributed by atoms with van der Waals surface area (Å²) in [6, 6.07) is 30.0. The molecule has 0 aliphatic carbocycles. The van der Waals surface area contributed by atoms with Crippen LogP contribution in [-0.4, -0.2) is 30.0 Å². The lowest BCUT2D eigenvalue weighted by molar-refractivity contribution is -0.113. The van der Waals surface area contributed by atoms with E-state index in [1.165, 1.54) is 11.8 Å². The molecule has 4 rings (SSSR count). The van der Waals surface area contributed by atoms with E-state index in [9.17, 15) is 14.4 Å². The molecule has 2 amide bonds. The Hall–Kier alpha value is -4.33. The second-order valence-electron chi connectivity index (χ2n) is 8.52. The zero-order chi connectivity index (χ0) is 28.3. The third-order valence-corrected chi connectivity index (χ3v) is 7.05. The summed E-state index contributed by atoms with van der Waals surface area (Å²) >= 11 is 7.51. The first-order valence-corrected chi connectivity index (χ1v) is 13.9. The maximum absolute atomic E-state index is 13.3. The fourth-order valence-corrected chi connectivity index (χ4v) is 4.75. The number of rotatable bonds is 11. The molecule has 0 heterocycles. The van der Waals surface area contributed by atoms with E-state index in [0.29, 0.717) is 39.8 Å². The van der Waals surface area contributed by atoms with Crippen LogP contribution in [0.3, 0.4) is 0 Å². The molecule has 2 N–H and O–H groups in total. The van der Waals surface area contributed by atoms with Crippen LogP contribution >= 0.6 is 23.4 Å². The van der Waals surface area contributed by atoms with Crippen LogP contribution in [0.4, 0.5) is 5.69 Å². The first-order chi connectivity index (χ1) is 19.4. The molecule has 40 heavy (non-hydrogen) atoms. The summed E-state index contributed by atoms with van der Waals surface area (Å²) in [5.74, 6) is -0.149. The van der Waals surface area contributed by atoms with Crippen molar-refractivity contribution in [1.29, 1.82) is 0 Å². The van der Waals surface area contributed by atoms with Gasteiger partial charge >= 0.3 is 0 Å². The minimum absolute atomic E-state index is 0.0600. The lowest BCUT2D eigenvalue weighted by atomic mass is 10.1.